The SMILES string of the molecule is O=C(CCCCCCC(=O)NCCCNC(=O)c1ccc(CN(Cc2ccccn2)C(c2ccccn2)c2ccccn2)nc1)NCCCNC(=O)c1ccc(CN(Cc2ccccn2)C(c2ccccn2)c2ccccn2)nc1. The highest BCUT2D eigenvalue weighted by Gasteiger charge is 2.28. The summed E-state index contributed by atoms with van der Waals surface area (Å²) in [7, 11) is 0. The second-order valence-electron chi connectivity index (χ2n) is 19.2. The number of rotatable bonds is 31. The third-order valence-electron chi connectivity index (χ3n) is 13.2. The zero-order chi connectivity index (χ0) is 55.4. The van der Waals surface area contributed by atoms with Crippen molar-refractivity contribution < 1.29 is 19.2 Å². The molecule has 8 aromatic rings. The van der Waals surface area contributed by atoms with E-state index in [1.165, 1.54) is 0 Å². The zero-order valence-corrected chi connectivity index (χ0v) is 44.9. The summed E-state index contributed by atoms with van der Waals surface area (Å²) in [6.07, 6.45) is 18.9. The van der Waals surface area contributed by atoms with Crippen molar-refractivity contribution in [3.8, 4) is 0 Å². The van der Waals surface area contributed by atoms with Crippen LogP contribution in [0.2, 0.25) is 0 Å². The minimum Gasteiger partial charge on any atom is -0.356 e. The third kappa shape index (κ3) is 18.3. The van der Waals surface area contributed by atoms with E-state index in [4.69, 9.17) is 19.9 Å². The maximum atomic E-state index is 13.0. The van der Waals surface area contributed by atoms with Gasteiger partial charge < -0.3 is 21.3 Å². The lowest BCUT2D eigenvalue weighted by molar-refractivity contribution is -0.122. The van der Waals surface area contributed by atoms with Gasteiger partial charge in [0.25, 0.3) is 11.8 Å². The summed E-state index contributed by atoms with van der Waals surface area (Å²) in [5.41, 5.74) is 7.64. The molecule has 0 saturated carbocycles. The minimum atomic E-state index is -0.271. The van der Waals surface area contributed by atoms with E-state index in [2.05, 4.69) is 51.0 Å². The Labute approximate surface area is 467 Å². The highest BCUT2D eigenvalue weighted by atomic mass is 16.2. The predicted molar refractivity (Wildman–Crippen MR) is 304 cm³/mol. The maximum Gasteiger partial charge on any atom is 0.252 e. The number of pyridine rings is 8. The quantitative estimate of drug-likeness (QED) is 0.0303. The normalized spacial score (nSPS) is 11.2. The second kappa shape index (κ2) is 31.4. The van der Waals surface area contributed by atoms with Crippen molar-refractivity contribution in [2.75, 3.05) is 26.2 Å². The summed E-state index contributed by atoms with van der Waals surface area (Å²) >= 11 is 0. The molecule has 0 spiro atoms. The van der Waals surface area contributed by atoms with Crippen molar-refractivity contribution in [2.45, 2.75) is 89.6 Å². The van der Waals surface area contributed by atoms with Gasteiger partial charge in [-0.3, -0.25) is 68.8 Å². The molecule has 18 nitrogen and oxygen atoms in total. The number of unbranched alkanes of at least 4 members (excludes halogenated alkanes) is 3. The van der Waals surface area contributed by atoms with Crippen LogP contribution in [0.3, 0.4) is 0 Å². The Morgan fingerprint density at radius 2 is 0.662 bits per heavy atom. The fraction of sp³-hybridized carbons (Fsp3) is 0.290. The van der Waals surface area contributed by atoms with Crippen LogP contribution in [0.5, 0.6) is 0 Å². The van der Waals surface area contributed by atoms with Crippen molar-refractivity contribution >= 4 is 23.6 Å². The van der Waals surface area contributed by atoms with Crippen molar-refractivity contribution in [2.24, 2.45) is 0 Å². The van der Waals surface area contributed by atoms with Gasteiger partial charge in [0, 0.05) is 115 Å². The molecule has 0 atom stereocenters. The highest BCUT2D eigenvalue weighted by molar-refractivity contribution is 5.94. The van der Waals surface area contributed by atoms with E-state index in [-0.39, 0.29) is 35.7 Å². The molecule has 4 amide bonds. The first-order valence-corrected chi connectivity index (χ1v) is 27.3. The van der Waals surface area contributed by atoms with E-state index in [0.29, 0.717) is 89.2 Å². The molecule has 0 aliphatic rings. The Bertz CT molecular complexity index is 2810. The molecule has 8 rings (SSSR count). The number of nitrogens with one attached hydrogen (secondary N) is 4. The Balaban J connectivity index is 0.667. The second-order valence-corrected chi connectivity index (χ2v) is 19.2. The highest BCUT2D eigenvalue weighted by Crippen LogP contribution is 2.30. The van der Waals surface area contributed by atoms with Crippen molar-refractivity contribution in [1.29, 1.82) is 0 Å². The lowest BCUT2D eigenvalue weighted by Crippen LogP contribution is -2.31. The number of carbonyl (C=O) groups is 4. The van der Waals surface area contributed by atoms with Gasteiger partial charge in [-0.05, 0) is 123 Å². The molecule has 0 saturated heterocycles. The first kappa shape index (κ1) is 57.2. The van der Waals surface area contributed by atoms with Crippen molar-refractivity contribution in [3.63, 3.8) is 0 Å². The molecule has 8 aromatic heterocycles. The van der Waals surface area contributed by atoms with Gasteiger partial charge in [-0.1, -0.05) is 49.2 Å². The Kier molecular flexibility index (Phi) is 22.5. The van der Waals surface area contributed by atoms with E-state index in [0.717, 1.165) is 71.2 Å². The van der Waals surface area contributed by atoms with E-state index >= 15 is 0 Å². The van der Waals surface area contributed by atoms with Crippen LogP contribution in [-0.4, -0.2) is 99.5 Å². The number of aromatic nitrogens is 8. The number of carbonyl (C=O) groups excluding carboxylic acids is 4. The molecule has 0 aliphatic carbocycles. The van der Waals surface area contributed by atoms with Gasteiger partial charge in [0.05, 0.1) is 68.8 Å². The molecule has 8 heterocycles. The molecule has 4 N–H and O–H groups in total. The van der Waals surface area contributed by atoms with Crippen LogP contribution in [0.25, 0.3) is 0 Å². The van der Waals surface area contributed by atoms with Crippen molar-refractivity contribution in [1.82, 2.24) is 70.9 Å². The Morgan fingerprint density at radius 3 is 0.963 bits per heavy atom. The molecule has 0 aliphatic heterocycles. The average Bonchev–Trinajstić information content (AvgIpc) is 3.62. The van der Waals surface area contributed by atoms with Gasteiger partial charge in [0.2, 0.25) is 11.8 Å². The summed E-state index contributed by atoms with van der Waals surface area (Å²) in [5.74, 6) is -0.543. The summed E-state index contributed by atoms with van der Waals surface area (Å²) < 4.78 is 0. The number of amides is 4. The van der Waals surface area contributed by atoms with Crippen LogP contribution in [-0.2, 0) is 35.8 Å². The van der Waals surface area contributed by atoms with Gasteiger partial charge in [-0.25, -0.2) is 0 Å². The molecule has 410 valence electrons. The average molecular weight is 1070 g/mol. The van der Waals surface area contributed by atoms with E-state index in [1.807, 2.05) is 121 Å². The number of hydrogen-bond donors (Lipinski definition) is 4. The van der Waals surface area contributed by atoms with Crippen LogP contribution in [0.4, 0.5) is 0 Å². The fourth-order valence-corrected chi connectivity index (χ4v) is 9.14. The van der Waals surface area contributed by atoms with Crippen LogP contribution < -0.4 is 21.3 Å². The first-order chi connectivity index (χ1) is 39.4. The number of nitrogens with zero attached hydrogens (tertiary/aromatic N) is 10. The minimum absolute atomic E-state index is 0.0360. The third-order valence-corrected chi connectivity index (χ3v) is 13.2. The molecular formula is C62H68N14O4. The maximum absolute atomic E-state index is 13.0. The first-order valence-electron chi connectivity index (χ1n) is 27.3. The molecule has 0 fully saturated rings. The Morgan fingerprint density at radius 1 is 0.338 bits per heavy atom. The summed E-state index contributed by atoms with van der Waals surface area (Å²) in [5, 5.41) is 11.7. The predicted octanol–water partition coefficient (Wildman–Crippen LogP) is 7.94. The summed E-state index contributed by atoms with van der Waals surface area (Å²) in [4.78, 5) is 92.8. The van der Waals surface area contributed by atoms with Crippen LogP contribution in [0.15, 0.2) is 183 Å². The smallest absolute Gasteiger partial charge is 0.252 e. The monoisotopic (exact) mass is 1070 g/mol. The van der Waals surface area contributed by atoms with Gasteiger partial charge in [-0.15, -0.1) is 0 Å². The van der Waals surface area contributed by atoms with Gasteiger partial charge in [-0.2, -0.15) is 0 Å². The molecule has 0 unspecified atom stereocenters. The molecule has 18 heteroatoms. The zero-order valence-electron chi connectivity index (χ0n) is 44.9. The lowest BCUT2D eigenvalue weighted by atomic mass is 10.1. The van der Waals surface area contributed by atoms with E-state index < -0.39 is 0 Å². The largest absolute Gasteiger partial charge is 0.356 e. The van der Waals surface area contributed by atoms with Crippen LogP contribution in [0.1, 0.15) is 130 Å². The number of hydrogen-bond acceptors (Lipinski definition) is 14. The van der Waals surface area contributed by atoms with E-state index in [1.54, 1.807) is 61.7 Å². The molecule has 0 bridgehead atoms. The van der Waals surface area contributed by atoms with Crippen LogP contribution >= 0.6 is 0 Å². The van der Waals surface area contributed by atoms with E-state index in [9.17, 15) is 19.2 Å². The van der Waals surface area contributed by atoms with Gasteiger partial charge in [0.15, 0.2) is 0 Å². The Hall–Kier alpha value is -9.00. The molecular weight excluding hydrogens is 1000 g/mol. The van der Waals surface area contributed by atoms with Crippen molar-refractivity contribution in [3.05, 3.63) is 240 Å². The summed E-state index contributed by atoms with van der Waals surface area (Å²) in [6, 6.07) is 41.8. The topological polar surface area (TPSA) is 226 Å². The van der Waals surface area contributed by atoms with Gasteiger partial charge in [0.1, 0.15) is 0 Å². The molecule has 80 heavy (non-hydrogen) atoms. The summed E-state index contributed by atoms with van der Waals surface area (Å²) in [6.45, 7) is 3.64. The molecule has 0 aromatic carbocycles. The van der Waals surface area contributed by atoms with Gasteiger partial charge >= 0.3 is 0 Å². The standard InChI is InChI=1S/C62H68N14O4/c77-57(69-37-17-39-71-61(79)47-27-29-51(73-41-47)45-75(43-49-19-5-11-31-63-49)59(53-21-7-13-33-65-53)54-22-8-14-34-66-54)25-3-1-2-4-26-58(78)70-38-18-40-72-62(80)48-28-30-52(74-42-48)46-76(44-50-20-6-12-32-64-50)60(55-23-9-15-35-67-55)56-24-10-16-36-68-56/h5-16,19-24,27-36,41-42,59-60H,1-4,17-18,25-26,37-40,43-46H2,(H,69,77)(H,70,78)(H,71,79)(H,72,80). The lowest BCUT2D eigenvalue weighted by Gasteiger charge is -2.30. The van der Waals surface area contributed by atoms with Crippen LogP contribution in [0, 0.1) is 0 Å². The fourth-order valence-electron chi connectivity index (χ4n) is 9.14. The molecule has 0 radical (unpaired) electrons.